The van der Waals surface area contributed by atoms with Crippen molar-refractivity contribution in [2.24, 2.45) is 0 Å². The summed E-state index contributed by atoms with van der Waals surface area (Å²) in [6.07, 6.45) is 4.60. The fourth-order valence-corrected chi connectivity index (χ4v) is 2.41. The third kappa shape index (κ3) is 1.59. The van der Waals surface area contributed by atoms with Gasteiger partial charge in [0.15, 0.2) is 0 Å². The molecule has 1 aromatic rings. The first-order valence-corrected chi connectivity index (χ1v) is 5.42. The molecule has 0 aromatic heterocycles. The molecule has 1 fully saturated rings. The molecular weight excluding hydrogens is 186 g/mol. The molecule has 80 valence electrons. The third-order valence-electron chi connectivity index (χ3n) is 3.60. The normalized spacial score (nSPS) is 18.6. The molecule has 0 N–H and O–H groups in total. The molecule has 0 unspecified atom stereocenters. The zero-order chi connectivity index (χ0) is 10.9. The van der Waals surface area contributed by atoms with Crippen LogP contribution in [0.1, 0.15) is 35.2 Å². The van der Waals surface area contributed by atoms with Gasteiger partial charge in [-0.1, -0.05) is 18.2 Å². The molecule has 0 bridgehead atoms. The summed E-state index contributed by atoms with van der Waals surface area (Å²) in [6.45, 7) is 0. The largest absolute Gasteiger partial charge is 0.300 e. The van der Waals surface area contributed by atoms with Crippen LogP contribution in [0.3, 0.4) is 0 Å². The Labute approximate surface area is 90.9 Å². The minimum Gasteiger partial charge on any atom is -0.300 e. The van der Waals surface area contributed by atoms with E-state index in [2.05, 4.69) is 25.1 Å². The van der Waals surface area contributed by atoms with Gasteiger partial charge in [0.25, 0.3) is 0 Å². The lowest BCUT2D eigenvalue weighted by atomic mass is 9.70. The predicted molar refractivity (Wildman–Crippen MR) is 61.0 cm³/mol. The minimum atomic E-state index is 0.180. The second kappa shape index (κ2) is 3.78. The van der Waals surface area contributed by atoms with Gasteiger partial charge in [0.1, 0.15) is 6.29 Å². The molecule has 15 heavy (non-hydrogen) atoms. The summed E-state index contributed by atoms with van der Waals surface area (Å²) in [7, 11) is 4.24. The van der Waals surface area contributed by atoms with E-state index in [1.807, 2.05) is 18.2 Å². The van der Waals surface area contributed by atoms with Gasteiger partial charge >= 0.3 is 0 Å². The van der Waals surface area contributed by atoms with E-state index in [9.17, 15) is 4.79 Å². The molecule has 2 rings (SSSR count). The molecule has 0 aliphatic heterocycles. The van der Waals surface area contributed by atoms with Crippen molar-refractivity contribution in [3.05, 3.63) is 35.4 Å². The summed E-state index contributed by atoms with van der Waals surface area (Å²) in [6, 6.07) is 7.99. The fourth-order valence-electron chi connectivity index (χ4n) is 2.41. The van der Waals surface area contributed by atoms with Crippen molar-refractivity contribution >= 4 is 6.29 Å². The van der Waals surface area contributed by atoms with Gasteiger partial charge < -0.3 is 0 Å². The van der Waals surface area contributed by atoms with E-state index in [0.717, 1.165) is 11.8 Å². The molecule has 0 heterocycles. The highest BCUT2D eigenvalue weighted by Gasteiger charge is 2.40. The SMILES string of the molecule is CN(C)C1(c2cccc(C=O)c2)CCC1. The maximum Gasteiger partial charge on any atom is 0.150 e. The van der Waals surface area contributed by atoms with Crippen LogP contribution in [0, 0.1) is 0 Å². The monoisotopic (exact) mass is 203 g/mol. The third-order valence-corrected chi connectivity index (χ3v) is 3.60. The highest BCUT2D eigenvalue weighted by molar-refractivity contribution is 5.75. The first-order chi connectivity index (χ1) is 7.19. The van der Waals surface area contributed by atoms with Crippen LogP contribution in [0.25, 0.3) is 0 Å². The summed E-state index contributed by atoms with van der Waals surface area (Å²) in [5.41, 5.74) is 2.24. The Hall–Kier alpha value is -1.15. The lowest BCUT2D eigenvalue weighted by Crippen LogP contribution is -2.47. The average molecular weight is 203 g/mol. The molecule has 2 nitrogen and oxygen atoms in total. The Kier molecular flexibility index (Phi) is 2.61. The van der Waals surface area contributed by atoms with E-state index in [1.165, 1.54) is 24.8 Å². The number of hydrogen-bond acceptors (Lipinski definition) is 2. The van der Waals surface area contributed by atoms with Crippen LogP contribution in [0.5, 0.6) is 0 Å². The number of benzene rings is 1. The van der Waals surface area contributed by atoms with Crippen molar-refractivity contribution in [1.29, 1.82) is 0 Å². The smallest absolute Gasteiger partial charge is 0.150 e. The summed E-state index contributed by atoms with van der Waals surface area (Å²) in [5, 5.41) is 0. The van der Waals surface area contributed by atoms with Crippen LogP contribution in [0.15, 0.2) is 24.3 Å². The quantitative estimate of drug-likeness (QED) is 0.703. The molecule has 1 aliphatic rings. The molecule has 0 atom stereocenters. The van der Waals surface area contributed by atoms with Crippen molar-refractivity contribution in [1.82, 2.24) is 4.90 Å². The number of nitrogens with zero attached hydrogens (tertiary/aromatic N) is 1. The number of rotatable bonds is 3. The molecular formula is C13H17NO. The molecule has 1 saturated carbocycles. The van der Waals surface area contributed by atoms with Crippen LogP contribution in [0.2, 0.25) is 0 Å². The molecule has 2 heteroatoms. The lowest BCUT2D eigenvalue weighted by molar-refractivity contribution is 0.0576. The van der Waals surface area contributed by atoms with E-state index in [0.29, 0.717) is 0 Å². The number of aldehydes is 1. The second-order valence-electron chi connectivity index (χ2n) is 4.52. The van der Waals surface area contributed by atoms with E-state index < -0.39 is 0 Å². The van der Waals surface area contributed by atoms with Crippen molar-refractivity contribution in [2.45, 2.75) is 24.8 Å². The zero-order valence-corrected chi connectivity index (χ0v) is 9.36. The highest BCUT2D eigenvalue weighted by Crippen LogP contribution is 2.45. The Balaban J connectivity index is 2.38. The van der Waals surface area contributed by atoms with Gasteiger partial charge in [-0.25, -0.2) is 0 Å². The van der Waals surface area contributed by atoms with Crippen LogP contribution < -0.4 is 0 Å². The molecule has 1 aromatic carbocycles. The lowest BCUT2D eigenvalue weighted by Gasteiger charge is -2.48. The van der Waals surface area contributed by atoms with Crippen LogP contribution in [0.4, 0.5) is 0 Å². The second-order valence-corrected chi connectivity index (χ2v) is 4.52. The average Bonchev–Trinajstić information content (AvgIpc) is 2.16. The summed E-state index contributed by atoms with van der Waals surface area (Å²) in [5.74, 6) is 0. The summed E-state index contributed by atoms with van der Waals surface area (Å²) < 4.78 is 0. The van der Waals surface area contributed by atoms with E-state index in [4.69, 9.17) is 0 Å². The Morgan fingerprint density at radius 3 is 2.53 bits per heavy atom. The van der Waals surface area contributed by atoms with Crippen molar-refractivity contribution in [3.8, 4) is 0 Å². The van der Waals surface area contributed by atoms with Gasteiger partial charge in [0.05, 0.1) is 0 Å². The molecule has 0 spiro atoms. The number of hydrogen-bond donors (Lipinski definition) is 0. The topological polar surface area (TPSA) is 20.3 Å². The van der Waals surface area contributed by atoms with Gasteiger partial charge in [-0.15, -0.1) is 0 Å². The first kappa shape index (κ1) is 10.4. The van der Waals surface area contributed by atoms with Crippen molar-refractivity contribution in [3.63, 3.8) is 0 Å². The standard InChI is InChI=1S/C13H17NO/c1-14(2)13(7-4-8-13)12-6-3-5-11(9-12)10-15/h3,5-6,9-10H,4,7-8H2,1-2H3. The van der Waals surface area contributed by atoms with Gasteiger partial charge in [-0.3, -0.25) is 9.69 Å². The molecule has 1 aliphatic carbocycles. The maximum absolute atomic E-state index is 10.7. The van der Waals surface area contributed by atoms with Crippen molar-refractivity contribution in [2.75, 3.05) is 14.1 Å². The minimum absolute atomic E-state index is 0.180. The summed E-state index contributed by atoms with van der Waals surface area (Å²) in [4.78, 5) is 13.0. The summed E-state index contributed by atoms with van der Waals surface area (Å²) >= 11 is 0. The van der Waals surface area contributed by atoms with Gasteiger partial charge in [-0.2, -0.15) is 0 Å². The maximum atomic E-state index is 10.7. The van der Waals surface area contributed by atoms with Gasteiger partial charge in [-0.05, 0) is 45.0 Å². The van der Waals surface area contributed by atoms with E-state index in [-0.39, 0.29) is 5.54 Å². The van der Waals surface area contributed by atoms with E-state index >= 15 is 0 Å². The zero-order valence-electron chi connectivity index (χ0n) is 9.36. The Morgan fingerprint density at radius 1 is 1.33 bits per heavy atom. The molecule has 0 radical (unpaired) electrons. The number of carbonyl (C=O) groups is 1. The van der Waals surface area contributed by atoms with E-state index in [1.54, 1.807) is 0 Å². The Bertz CT molecular complexity index is 367. The highest BCUT2D eigenvalue weighted by atomic mass is 16.1. The fraction of sp³-hybridized carbons (Fsp3) is 0.462. The van der Waals surface area contributed by atoms with Crippen LogP contribution in [-0.2, 0) is 5.54 Å². The molecule has 0 amide bonds. The van der Waals surface area contributed by atoms with Crippen LogP contribution in [-0.4, -0.2) is 25.3 Å². The number of carbonyl (C=O) groups excluding carboxylic acids is 1. The molecule has 0 saturated heterocycles. The predicted octanol–water partition coefficient (Wildman–Crippen LogP) is 2.44. The van der Waals surface area contributed by atoms with Crippen molar-refractivity contribution < 1.29 is 4.79 Å². The first-order valence-electron chi connectivity index (χ1n) is 5.42. The van der Waals surface area contributed by atoms with Gasteiger partial charge in [0.2, 0.25) is 0 Å². The Morgan fingerprint density at radius 2 is 2.07 bits per heavy atom. The van der Waals surface area contributed by atoms with Gasteiger partial charge in [0, 0.05) is 11.1 Å². The van der Waals surface area contributed by atoms with Crippen LogP contribution >= 0.6 is 0 Å².